The van der Waals surface area contributed by atoms with E-state index in [1.54, 1.807) is 6.92 Å². The molecule has 118 valence electrons. The van der Waals surface area contributed by atoms with E-state index < -0.39 is 10.0 Å². The molecule has 2 rings (SSSR count). The monoisotopic (exact) mass is 332 g/mol. The molecule has 1 fully saturated rings. The second-order valence-corrected chi connectivity index (χ2v) is 7.71. The third-order valence-corrected chi connectivity index (χ3v) is 6.34. The first-order valence-corrected chi connectivity index (χ1v) is 8.88. The van der Waals surface area contributed by atoms with Crippen LogP contribution in [-0.2, 0) is 10.0 Å². The molecule has 1 aliphatic heterocycles. The topological polar surface area (TPSA) is 83.6 Å². The molecule has 0 bridgehead atoms. The van der Waals surface area contributed by atoms with Crippen molar-refractivity contribution in [3.63, 3.8) is 0 Å². The van der Waals surface area contributed by atoms with Crippen LogP contribution in [0.2, 0.25) is 5.02 Å². The van der Waals surface area contributed by atoms with Crippen molar-refractivity contribution in [1.29, 1.82) is 0 Å². The summed E-state index contributed by atoms with van der Waals surface area (Å²) in [7, 11) is -3.67. The van der Waals surface area contributed by atoms with E-state index >= 15 is 0 Å². The Morgan fingerprint density at radius 2 is 2.10 bits per heavy atom. The van der Waals surface area contributed by atoms with Crippen molar-refractivity contribution >= 4 is 27.3 Å². The fraction of sp³-hybridized carbons (Fsp3) is 0.571. The number of benzene rings is 1. The Kier molecular flexibility index (Phi) is 5.14. The van der Waals surface area contributed by atoms with Crippen LogP contribution in [-0.4, -0.2) is 37.0 Å². The first-order valence-electron chi connectivity index (χ1n) is 7.06. The molecule has 0 saturated carbocycles. The first kappa shape index (κ1) is 16.5. The van der Waals surface area contributed by atoms with Gasteiger partial charge in [0, 0.05) is 12.6 Å². The highest BCUT2D eigenvalue weighted by Crippen LogP contribution is 2.30. The van der Waals surface area contributed by atoms with Crippen LogP contribution in [0.5, 0.6) is 0 Å². The third kappa shape index (κ3) is 3.34. The van der Waals surface area contributed by atoms with Crippen LogP contribution in [0.25, 0.3) is 0 Å². The number of nitrogens with zero attached hydrogens (tertiary/aromatic N) is 1. The minimum atomic E-state index is -3.67. The van der Waals surface area contributed by atoms with Crippen molar-refractivity contribution in [3.05, 3.63) is 22.7 Å². The molecule has 0 aliphatic carbocycles. The molecule has 21 heavy (non-hydrogen) atoms. The second-order valence-electron chi connectivity index (χ2n) is 5.44. The molecule has 5 nitrogen and oxygen atoms in total. The van der Waals surface area contributed by atoms with Gasteiger partial charge in [-0.25, -0.2) is 8.42 Å². The number of aryl methyl sites for hydroxylation is 1. The minimum absolute atomic E-state index is 0.141. The predicted molar refractivity (Wildman–Crippen MR) is 83.8 cm³/mol. The van der Waals surface area contributed by atoms with E-state index in [9.17, 15) is 13.5 Å². The number of nitrogen functional groups attached to an aromatic ring is 1. The lowest BCUT2D eigenvalue weighted by Crippen LogP contribution is -2.42. The van der Waals surface area contributed by atoms with Gasteiger partial charge in [-0.2, -0.15) is 4.31 Å². The van der Waals surface area contributed by atoms with Gasteiger partial charge in [0.25, 0.3) is 0 Å². The van der Waals surface area contributed by atoms with Crippen molar-refractivity contribution in [2.24, 2.45) is 0 Å². The Hall–Kier alpha value is -0.820. The molecule has 0 radical (unpaired) electrons. The quantitative estimate of drug-likeness (QED) is 0.831. The van der Waals surface area contributed by atoms with Crippen LogP contribution in [0.15, 0.2) is 17.0 Å². The van der Waals surface area contributed by atoms with Crippen molar-refractivity contribution in [1.82, 2.24) is 4.31 Å². The Labute approximate surface area is 130 Å². The average Bonchev–Trinajstić information content (AvgIpc) is 2.69. The molecule has 1 atom stereocenters. The molecule has 7 heteroatoms. The highest BCUT2D eigenvalue weighted by Gasteiger charge is 2.32. The van der Waals surface area contributed by atoms with E-state index in [1.165, 1.54) is 16.4 Å². The SMILES string of the molecule is Cc1cc(S(=O)(=O)N2CCCCCC2CO)cc(N)c1Cl. The number of hydrogen-bond acceptors (Lipinski definition) is 4. The number of aliphatic hydroxyl groups is 1. The van der Waals surface area contributed by atoms with Gasteiger partial charge >= 0.3 is 0 Å². The highest BCUT2D eigenvalue weighted by atomic mass is 35.5. The molecule has 1 aliphatic rings. The molecule has 1 saturated heterocycles. The first-order chi connectivity index (χ1) is 9.87. The van der Waals surface area contributed by atoms with Gasteiger partial charge in [0.05, 0.1) is 22.2 Å². The summed E-state index contributed by atoms with van der Waals surface area (Å²) >= 11 is 5.99. The van der Waals surface area contributed by atoms with E-state index in [0.717, 1.165) is 19.3 Å². The zero-order valence-corrected chi connectivity index (χ0v) is 13.6. The Balaban J connectivity index is 2.44. The van der Waals surface area contributed by atoms with Gasteiger partial charge in [-0.15, -0.1) is 0 Å². The van der Waals surface area contributed by atoms with Gasteiger partial charge in [0.15, 0.2) is 0 Å². The van der Waals surface area contributed by atoms with Crippen molar-refractivity contribution in [2.75, 3.05) is 18.9 Å². The lowest BCUT2D eigenvalue weighted by atomic mass is 10.1. The fourth-order valence-electron chi connectivity index (χ4n) is 2.70. The summed E-state index contributed by atoms with van der Waals surface area (Å²) in [6, 6.07) is 2.56. The zero-order valence-electron chi connectivity index (χ0n) is 12.0. The summed E-state index contributed by atoms with van der Waals surface area (Å²) in [5.74, 6) is 0. The number of hydrogen-bond donors (Lipinski definition) is 2. The van der Waals surface area contributed by atoms with Gasteiger partial charge in [-0.1, -0.05) is 24.4 Å². The molecule has 1 aromatic carbocycles. The summed E-state index contributed by atoms with van der Waals surface area (Å²) in [5, 5.41) is 9.88. The summed E-state index contributed by atoms with van der Waals surface area (Å²) in [6.45, 7) is 1.99. The minimum Gasteiger partial charge on any atom is -0.397 e. The Bertz CT molecular complexity index is 596. The fourth-order valence-corrected chi connectivity index (χ4v) is 4.61. The van der Waals surface area contributed by atoms with Crippen molar-refractivity contribution < 1.29 is 13.5 Å². The molecule has 1 heterocycles. The van der Waals surface area contributed by atoms with E-state index in [-0.39, 0.29) is 23.2 Å². The number of sulfonamides is 1. The van der Waals surface area contributed by atoms with E-state index in [0.29, 0.717) is 23.6 Å². The number of anilines is 1. The summed E-state index contributed by atoms with van der Waals surface area (Å²) in [6.07, 6.45) is 3.39. The molecular weight excluding hydrogens is 312 g/mol. The summed E-state index contributed by atoms with van der Waals surface area (Å²) in [4.78, 5) is 0.141. The van der Waals surface area contributed by atoms with Crippen LogP contribution < -0.4 is 5.73 Å². The number of nitrogens with two attached hydrogens (primary N) is 1. The second kappa shape index (κ2) is 6.52. The lowest BCUT2D eigenvalue weighted by Gasteiger charge is -2.28. The molecule has 0 spiro atoms. The van der Waals surface area contributed by atoms with Crippen molar-refractivity contribution in [2.45, 2.75) is 43.5 Å². The number of halogens is 1. The van der Waals surface area contributed by atoms with E-state index in [2.05, 4.69) is 0 Å². The maximum absolute atomic E-state index is 12.8. The standard InChI is InChI=1S/C14H21ClN2O3S/c1-10-7-12(8-13(16)14(10)15)21(19,20)17-6-4-2-3-5-11(17)9-18/h7-8,11,18H,2-6,9,16H2,1H3. The lowest BCUT2D eigenvalue weighted by molar-refractivity contribution is 0.186. The molecule has 3 N–H and O–H groups in total. The van der Waals surface area contributed by atoms with Crippen LogP contribution >= 0.6 is 11.6 Å². The predicted octanol–water partition coefficient (Wildman–Crippen LogP) is 2.16. The number of rotatable bonds is 3. The molecule has 1 aromatic rings. The maximum atomic E-state index is 12.8. The van der Waals surface area contributed by atoms with Gasteiger partial charge in [0.1, 0.15) is 0 Å². The summed E-state index contributed by atoms with van der Waals surface area (Å²) in [5.41, 5.74) is 6.67. The third-order valence-electron chi connectivity index (χ3n) is 3.90. The highest BCUT2D eigenvalue weighted by molar-refractivity contribution is 7.89. The van der Waals surface area contributed by atoms with Crippen LogP contribution in [0.3, 0.4) is 0 Å². The molecular formula is C14H21ClN2O3S. The van der Waals surface area contributed by atoms with Gasteiger partial charge in [0.2, 0.25) is 10.0 Å². The van der Waals surface area contributed by atoms with Gasteiger partial charge < -0.3 is 10.8 Å². The van der Waals surface area contributed by atoms with Crippen LogP contribution in [0.4, 0.5) is 5.69 Å². The Morgan fingerprint density at radius 3 is 2.71 bits per heavy atom. The van der Waals surface area contributed by atoms with E-state index in [1.807, 2.05) is 0 Å². The average molecular weight is 333 g/mol. The largest absolute Gasteiger partial charge is 0.397 e. The molecule has 1 unspecified atom stereocenters. The van der Waals surface area contributed by atoms with E-state index in [4.69, 9.17) is 17.3 Å². The number of aliphatic hydroxyl groups excluding tert-OH is 1. The van der Waals surface area contributed by atoms with Crippen LogP contribution in [0, 0.1) is 6.92 Å². The van der Waals surface area contributed by atoms with Crippen molar-refractivity contribution in [3.8, 4) is 0 Å². The van der Waals surface area contributed by atoms with Crippen LogP contribution in [0.1, 0.15) is 31.2 Å². The summed E-state index contributed by atoms with van der Waals surface area (Å²) < 4.78 is 27.1. The maximum Gasteiger partial charge on any atom is 0.243 e. The Morgan fingerprint density at radius 1 is 1.38 bits per heavy atom. The van der Waals surface area contributed by atoms with Gasteiger partial charge in [-0.05, 0) is 37.5 Å². The molecule has 0 amide bonds. The van der Waals surface area contributed by atoms with Gasteiger partial charge in [-0.3, -0.25) is 0 Å². The zero-order chi connectivity index (χ0) is 15.6. The smallest absolute Gasteiger partial charge is 0.243 e. The molecule has 0 aromatic heterocycles. The normalized spacial score (nSPS) is 21.2.